The molecule has 0 aromatic carbocycles. The van der Waals surface area contributed by atoms with E-state index >= 15 is 0 Å². The molecule has 0 aromatic heterocycles. The highest BCUT2D eigenvalue weighted by molar-refractivity contribution is 5.96. The van der Waals surface area contributed by atoms with Crippen molar-refractivity contribution in [2.24, 2.45) is 5.92 Å². The van der Waals surface area contributed by atoms with Crippen molar-refractivity contribution >= 4 is 5.78 Å². The number of nitrogens with zero attached hydrogens (tertiary/aromatic N) is 2. The lowest BCUT2D eigenvalue weighted by Crippen LogP contribution is -2.24. The van der Waals surface area contributed by atoms with E-state index in [2.05, 4.69) is 43.7 Å². The van der Waals surface area contributed by atoms with E-state index in [0.717, 1.165) is 25.1 Å². The van der Waals surface area contributed by atoms with Gasteiger partial charge in [0.25, 0.3) is 0 Å². The maximum Gasteiger partial charge on any atom is 0.162 e. The highest BCUT2D eigenvalue weighted by Gasteiger charge is 2.20. The summed E-state index contributed by atoms with van der Waals surface area (Å²) in [6.45, 7) is 8.39. The highest BCUT2D eigenvalue weighted by atomic mass is 16.1. The lowest BCUT2D eigenvalue weighted by atomic mass is 9.89. The predicted octanol–water partition coefficient (Wildman–Crippen LogP) is 3.21. The van der Waals surface area contributed by atoms with Gasteiger partial charge in [-0.2, -0.15) is 0 Å². The zero-order valence-electron chi connectivity index (χ0n) is 13.5. The lowest BCUT2D eigenvalue weighted by molar-refractivity contribution is -0.115. The van der Waals surface area contributed by atoms with Gasteiger partial charge < -0.3 is 9.80 Å². The minimum Gasteiger partial charge on any atom is -0.381 e. The predicted molar refractivity (Wildman–Crippen MR) is 85.3 cm³/mol. The summed E-state index contributed by atoms with van der Waals surface area (Å²) in [6, 6.07) is 0. The summed E-state index contributed by atoms with van der Waals surface area (Å²) in [4.78, 5) is 16.5. The Morgan fingerprint density at radius 3 is 2.55 bits per heavy atom. The van der Waals surface area contributed by atoms with Gasteiger partial charge in [0.15, 0.2) is 5.78 Å². The number of Topliss-reactive ketones (excluding diaryl/α,β-unsaturated/α-hetero) is 1. The van der Waals surface area contributed by atoms with Crippen LogP contribution in [0.1, 0.15) is 33.6 Å². The molecule has 1 unspecified atom stereocenters. The second kappa shape index (κ2) is 7.93. The Balaban J connectivity index is 2.65. The Morgan fingerprint density at radius 1 is 1.30 bits per heavy atom. The van der Waals surface area contributed by atoms with E-state index in [1.807, 2.05) is 25.4 Å². The van der Waals surface area contributed by atoms with Gasteiger partial charge in [-0.05, 0) is 38.1 Å². The van der Waals surface area contributed by atoms with Gasteiger partial charge >= 0.3 is 0 Å². The van der Waals surface area contributed by atoms with Crippen molar-refractivity contribution in [2.45, 2.75) is 33.6 Å². The van der Waals surface area contributed by atoms with E-state index in [1.165, 1.54) is 5.70 Å². The number of rotatable bonds is 7. The fourth-order valence-electron chi connectivity index (χ4n) is 2.32. The Labute approximate surface area is 123 Å². The van der Waals surface area contributed by atoms with Gasteiger partial charge in [-0.25, -0.2) is 0 Å². The van der Waals surface area contributed by atoms with E-state index < -0.39 is 0 Å². The normalized spacial score (nSPS) is 18.8. The first-order valence-electron chi connectivity index (χ1n) is 7.51. The largest absolute Gasteiger partial charge is 0.381 e. The highest BCUT2D eigenvalue weighted by Crippen LogP contribution is 2.27. The number of carbonyl (C=O) groups excluding carboxylic acids is 1. The fraction of sp³-hybridized carbons (Fsp3) is 0.588. The molecule has 20 heavy (non-hydrogen) atoms. The van der Waals surface area contributed by atoms with Gasteiger partial charge in [0, 0.05) is 45.2 Å². The number of hydrogen-bond donors (Lipinski definition) is 0. The summed E-state index contributed by atoms with van der Waals surface area (Å²) >= 11 is 0. The third-order valence-electron chi connectivity index (χ3n) is 3.92. The van der Waals surface area contributed by atoms with E-state index in [9.17, 15) is 4.79 Å². The molecule has 1 aliphatic carbocycles. The van der Waals surface area contributed by atoms with Crippen molar-refractivity contribution in [1.29, 1.82) is 0 Å². The molecule has 0 heterocycles. The molecule has 3 nitrogen and oxygen atoms in total. The summed E-state index contributed by atoms with van der Waals surface area (Å²) < 4.78 is 0. The second-order valence-corrected chi connectivity index (χ2v) is 5.49. The van der Waals surface area contributed by atoms with Crippen molar-refractivity contribution in [3.8, 4) is 0 Å². The number of hydrogen-bond acceptors (Lipinski definition) is 3. The van der Waals surface area contributed by atoms with E-state index in [1.54, 1.807) is 0 Å². The summed E-state index contributed by atoms with van der Waals surface area (Å²) in [6.07, 6.45) is 9.39. The molecular formula is C17H28N2O. The minimum atomic E-state index is 0.243. The first-order chi connectivity index (χ1) is 9.49. The molecule has 1 atom stereocenters. The van der Waals surface area contributed by atoms with Crippen LogP contribution >= 0.6 is 0 Å². The van der Waals surface area contributed by atoms with Crippen LogP contribution in [0.15, 0.2) is 35.7 Å². The maximum absolute atomic E-state index is 12.2. The second-order valence-electron chi connectivity index (χ2n) is 5.49. The van der Waals surface area contributed by atoms with Crippen LogP contribution in [0.25, 0.3) is 0 Å². The van der Waals surface area contributed by atoms with Gasteiger partial charge in [-0.15, -0.1) is 0 Å². The molecule has 0 N–H and O–H groups in total. The Morgan fingerprint density at radius 2 is 2.00 bits per heavy atom. The third kappa shape index (κ3) is 4.55. The quantitative estimate of drug-likeness (QED) is 0.713. The number of ketones is 1. The third-order valence-corrected chi connectivity index (χ3v) is 3.92. The molecule has 0 saturated heterocycles. The van der Waals surface area contributed by atoms with Gasteiger partial charge in [0.05, 0.1) is 0 Å². The summed E-state index contributed by atoms with van der Waals surface area (Å²) in [5.41, 5.74) is 2.28. The van der Waals surface area contributed by atoms with Crippen LogP contribution in [0.3, 0.4) is 0 Å². The molecule has 112 valence electrons. The first-order valence-corrected chi connectivity index (χ1v) is 7.51. The van der Waals surface area contributed by atoms with Crippen LogP contribution in [-0.4, -0.2) is 42.8 Å². The van der Waals surface area contributed by atoms with Gasteiger partial charge in [-0.3, -0.25) is 4.79 Å². The number of carbonyl (C=O) groups is 1. The summed E-state index contributed by atoms with van der Waals surface area (Å²) in [5, 5.41) is 0. The summed E-state index contributed by atoms with van der Waals surface area (Å²) in [5.74, 6) is 0.665. The smallest absolute Gasteiger partial charge is 0.162 e. The molecule has 0 aliphatic heterocycles. The molecule has 0 radical (unpaired) electrons. The summed E-state index contributed by atoms with van der Waals surface area (Å²) in [7, 11) is 4.12. The molecule has 0 aromatic rings. The maximum atomic E-state index is 12.2. The molecule has 0 spiro atoms. The molecule has 3 heteroatoms. The average Bonchev–Trinajstić information content (AvgIpc) is 2.45. The standard InChI is InChI=1S/C17H28N2O/c1-6-18(4)12-8-9-17(20)15-10-11-16(14(3)13-15)19(5)7-2/h8,10-12,14H,6-7,9,13H2,1-5H3/b12-8-. The molecule has 1 rings (SSSR count). The van der Waals surface area contributed by atoms with Crippen LogP contribution < -0.4 is 0 Å². The zero-order chi connectivity index (χ0) is 15.1. The zero-order valence-corrected chi connectivity index (χ0v) is 13.5. The minimum absolute atomic E-state index is 0.243. The van der Waals surface area contributed by atoms with Crippen molar-refractivity contribution in [3.63, 3.8) is 0 Å². The Bertz CT molecular complexity index is 421. The lowest BCUT2D eigenvalue weighted by Gasteiger charge is -2.29. The monoisotopic (exact) mass is 276 g/mol. The average molecular weight is 276 g/mol. The first kappa shape index (κ1) is 16.5. The molecule has 0 saturated carbocycles. The van der Waals surface area contributed by atoms with Gasteiger partial charge in [0.2, 0.25) is 0 Å². The van der Waals surface area contributed by atoms with Crippen molar-refractivity contribution in [1.82, 2.24) is 9.80 Å². The van der Waals surface area contributed by atoms with E-state index in [4.69, 9.17) is 0 Å². The molecular weight excluding hydrogens is 248 g/mol. The van der Waals surface area contributed by atoms with Gasteiger partial charge in [-0.1, -0.05) is 19.1 Å². The Hall–Kier alpha value is -1.51. The number of allylic oxidation sites excluding steroid dienone is 5. The SMILES string of the molecule is CCN(C)/C=C\CC(=O)C1=CC=C(N(C)CC)C(C)C1. The van der Waals surface area contributed by atoms with Crippen molar-refractivity contribution < 1.29 is 4.79 Å². The van der Waals surface area contributed by atoms with Crippen LogP contribution in [0.2, 0.25) is 0 Å². The van der Waals surface area contributed by atoms with Crippen molar-refractivity contribution in [2.75, 3.05) is 27.2 Å². The van der Waals surface area contributed by atoms with Crippen LogP contribution in [0.5, 0.6) is 0 Å². The van der Waals surface area contributed by atoms with Crippen LogP contribution in [-0.2, 0) is 4.79 Å². The molecule has 1 aliphatic rings. The topological polar surface area (TPSA) is 23.6 Å². The Kier molecular flexibility index (Phi) is 6.56. The van der Waals surface area contributed by atoms with Crippen LogP contribution in [0, 0.1) is 5.92 Å². The van der Waals surface area contributed by atoms with E-state index in [-0.39, 0.29) is 5.78 Å². The molecule has 0 fully saturated rings. The van der Waals surface area contributed by atoms with Gasteiger partial charge in [0.1, 0.15) is 0 Å². The van der Waals surface area contributed by atoms with Crippen molar-refractivity contribution in [3.05, 3.63) is 35.7 Å². The fourth-order valence-corrected chi connectivity index (χ4v) is 2.32. The molecule has 0 amide bonds. The molecule has 0 bridgehead atoms. The van der Waals surface area contributed by atoms with Crippen LogP contribution in [0.4, 0.5) is 0 Å². The van der Waals surface area contributed by atoms with E-state index in [0.29, 0.717) is 12.3 Å².